The first-order chi connectivity index (χ1) is 14.1. The minimum atomic E-state index is -3.23. The third kappa shape index (κ3) is 4.47. The van der Waals surface area contributed by atoms with Gasteiger partial charge >= 0.3 is 0 Å². The van der Waals surface area contributed by atoms with Crippen LogP contribution < -0.4 is 4.72 Å². The molecule has 10 heteroatoms. The fourth-order valence-electron chi connectivity index (χ4n) is 4.33. The van der Waals surface area contributed by atoms with Crippen molar-refractivity contribution in [3.05, 3.63) is 38.8 Å². The standard InChI is InChI=1S/C20H29ClN4O3S2/c1-19(2)14-28-20(16-10-17(21)29-18(16)19)4-6-24(7-5-20)12-15-11-23-25(13-15)8-9-30(26,27)22-3/h10-11,13,22H,4-9,12,14H2,1-3H3. The monoisotopic (exact) mass is 472 g/mol. The summed E-state index contributed by atoms with van der Waals surface area (Å²) in [5.74, 6) is 0.0239. The molecule has 2 aromatic heterocycles. The van der Waals surface area contributed by atoms with E-state index in [-0.39, 0.29) is 16.8 Å². The Kier molecular flexibility index (Phi) is 6.06. The van der Waals surface area contributed by atoms with Crippen molar-refractivity contribution in [2.75, 3.05) is 32.5 Å². The van der Waals surface area contributed by atoms with E-state index < -0.39 is 10.0 Å². The second-order valence-corrected chi connectivity index (χ2v) is 12.6. The highest BCUT2D eigenvalue weighted by atomic mass is 35.5. The third-order valence-electron chi connectivity index (χ3n) is 6.17. The molecule has 1 N–H and O–H groups in total. The molecule has 2 aliphatic heterocycles. The molecule has 4 heterocycles. The molecule has 30 heavy (non-hydrogen) atoms. The maximum atomic E-state index is 11.6. The van der Waals surface area contributed by atoms with Gasteiger partial charge in [-0.1, -0.05) is 25.4 Å². The van der Waals surface area contributed by atoms with Gasteiger partial charge in [0.1, 0.15) is 0 Å². The number of thiophene rings is 1. The van der Waals surface area contributed by atoms with Crippen molar-refractivity contribution >= 4 is 33.0 Å². The number of hydrogen-bond donors (Lipinski definition) is 1. The first kappa shape index (κ1) is 22.2. The minimum absolute atomic E-state index is 0.00484. The van der Waals surface area contributed by atoms with Gasteiger partial charge in [-0.05, 0) is 31.5 Å². The first-order valence-electron chi connectivity index (χ1n) is 10.2. The molecule has 0 aromatic carbocycles. The number of halogens is 1. The summed E-state index contributed by atoms with van der Waals surface area (Å²) in [5, 5.41) is 4.31. The van der Waals surface area contributed by atoms with Crippen molar-refractivity contribution in [3.8, 4) is 0 Å². The fourth-order valence-corrected chi connectivity index (χ4v) is 6.37. The van der Waals surface area contributed by atoms with Gasteiger partial charge in [0.25, 0.3) is 0 Å². The lowest BCUT2D eigenvalue weighted by Gasteiger charge is -2.47. The average molecular weight is 473 g/mol. The lowest BCUT2D eigenvalue weighted by atomic mass is 9.76. The van der Waals surface area contributed by atoms with Gasteiger partial charge in [-0.25, -0.2) is 13.1 Å². The van der Waals surface area contributed by atoms with Crippen molar-refractivity contribution in [3.63, 3.8) is 0 Å². The molecule has 0 aliphatic carbocycles. The summed E-state index contributed by atoms with van der Waals surface area (Å²) in [7, 11) is -1.80. The van der Waals surface area contributed by atoms with Crippen LogP contribution >= 0.6 is 22.9 Å². The van der Waals surface area contributed by atoms with Crippen LogP contribution in [0.1, 0.15) is 42.7 Å². The predicted octanol–water partition coefficient (Wildman–Crippen LogP) is 2.95. The van der Waals surface area contributed by atoms with Crippen LogP contribution in [0.3, 0.4) is 0 Å². The van der Waals surface area contributed by atoms with E-state index in [4.69, 9.17) is 16.3 Å². The predicted molar refractivity (Wildman–Crippen MR) is 120 cm³/mol. The summed E-state index contributed by atoms with van der Waals surface area (Å²) in [6.07, 6.45) is 5.65. The second kappa shape index (κ2) is 8.18. The van der Waals surface area contributed by atoms with E-state index in [1.54, 1.807) is 16.0 Å². The summed E-state index contributed by atoms with van der Waals surface area (Å²) in [5.41, 5.74) is 2.16. The molecule has 2 aromatic rings. The molecule has 0 radical (unpaired) electrons. The molecule has 166 valence electrons. The Morgan fingerprint density at radius 3 is 2.77 bits per heavy atom. The molecule has 0 atom stereocenters. The Hall–Kier alpha value is -0.970. The van der Waals surface area contributed by atoms with Gasteiger partial charge in [-0.3, -0.25) is 9.58 Å². The summed E-state index contributed by atoms with van der Waals surface area (Å²) >= 11 is 8.08. The Morgan fingerprint density at radius 2 is 2.07 bits per heavy atom. The normalized spacial score (nSPS) is 21.1. The smallest absolute Gasteiger partial charge is 0.213 e. The zero-order chi connectivity index (χ0) is 21.6. The molecule has 0 amide bonds. The number of nitrogens with zero attached hydrogens (tertiary/aromatic N) is 3. The number of aryl methyl sites for hydroxylation is 1. The summed E-state index contributed by atoms with van der Waals surface area (Å²) < 4.78 is 34.5. The van der Waals surface area contributed by atoms with Crippen molar-refractivity contribution in [1.29, 1.82) is 0 Å². The van der Waals surface area contributed by atoms with E-state index in [1.807, 2.05) is 12.4 Å². The van der Waals surface area contributed by atoms with Crippen LogP contribution in [-0.4, -0.2) is 55.6 Å². The Balaban J connectivity index is 1.38. The number of likely N-dealkylation sites (tertiary alicyclic amines) is 1. The van der Waals surface area contributed by atoms with Gasteiger partial charge in [-0.15, -0.1) is 11.3 Å². The molecular formula is C20H29ClN4O3S2. The zero-order valence-corrected chi connectivity index (χ0v) is 20.0. The van der Waals surface area contributed by atoms with Gasteiger partial charge in [0.05, 0.1) is 35.0 Å². The molecule has 0 unspecified atom stereocenters. The van der Waals surface area contributed by atoms with E-state index >= 15 is 0 Å². The lowest BCUT2D eigenvalue weighted by Crippen LogP contribution is -2.49. The number of piperidine rings is 1. The molecular weight excluding hydrogens is 444 g/mol. The van der Waals surface area contributed by atoms with Crippen molar-refractivity contribution in [2.24, 2.45) is 0 Å². The van der Waals surface area contributed by atoms with Gasteiger partial charge in [0, 0.05) is 41.7 Å². The Morgan fingerprint density at radius 1 is 1.33 bits per heavy atom. The van der Waals surface area contributed by atoms with Crippen molar-refractivity contribution < 1.29 is 13.2 Å². The van der Waals surface area contributed by atoms with Crippen molar-refractivity contribution in [1.82, 2.24) is 19.4 Å². The van der Waals surface area contributed by atoms with E-state index in [9.17, 15) is 8.42 Å². The molecule has 4 rings (SSSR count). The van der Waals surface area contributed by atoms with E-state index in [2.05, 4.69) is 34.6 Å². The van der Waals surface area contributed by atoms with E-state index in [0.29, 0.717) is 6.54 Å². The van der Waals surface area contributed by atoms with Crippen LogP contribution in [0.4, 0.5) is 0 Å². The highest BCUT2D eigenvalue weighted by Crippen LogP contribution is 2.51. The first-order valence-corrected chi connectivity index (χ1v) is 13.1. The number of nitrogens with one attached hydrogen (secondary N) is 1. The van der Waals surface area contributed by atoms with Gasteiger partial charge in [-0.2, -0.15) is 5.10 Å². The quantitative estimate of drug-likeness (QED) is 0.699. The second-order valence-electron chi connectivity index (χ2n) is 8.87. The number of fused-ring (bicyclic) bond motifs is 2. The summed E-state index contributed by atoms with van der Waals surface area (Å²) in [6, 6.07) is 2.11. The van der Waals surface area contributed by atoms with Crippen LogP contribution in [0.25, 0.3) is 0 Å². The molecule has 0 saturated carbocycles. The Labute approximate surface area is 187 Å². The highest BCUT2D eigenvalue weighted by Gasteiger charge is 2.47. The van der Waals surface area contributed by atoms with Gasteiger partial charge < -0.3 is 4.74 Å². The topological polar surface area (TPSA) is 76.5 Å². The highest BCUT2D eigenvalue weighted by molar-refractivity contribution is 7.89. The number of ether oxygens (including phenoxy) is 1. The third-order valence-corrected chi connectivity index (χ3v) is 9.15. The number of aromatic nitrogens is 2. The zero-order valence-electron chi connectivity index (χ0n) is 17.6. The van der Waals surface area contributed by atoms with Crippen molar-refractivity contribution in [2.45, 2.75) is 50.8 Å². The average Bonchev–Trinajstić information content (AvgIpc) is 3.33. The van der Waals surface area contributed by atoms with E-state index in [1.165, 1.54) is 17.5 Å². The molecule has 1 spiro atoms. The summed E-state index contributed by atoms with van der Waals surface area (Å²) in [6.45, 7) is 8.19. The molecule has 1 fully saturated rings. The van der Waals surface area contributed by atoms with E-state index in [0.717, 1.165) is 49.0 Å². The number of rotatable bonds is 6. The molecule has 7 nitrogen and oxygen atoms in total. The number of sulfonamides is 1. The van der Waals surface area contributed by atoms with Gasteiger partial charge in [0.15, 0.2) is 0 Å². The van der Waals surface area contributed by atoms with Crippen LogP contribution in [0, 0.1) is 0 Å². The maximum Gasteiger partial charge on any atom is 0.213 e. The largest absolute Gasteiger partial charge is 0.369 e. The van der Waals surface area contributed by atoms with Gasteiger partial charge in [0.2, 0.25) is 10.0 Å². The molecule has 0 bridgehead atoms. The molecule has 1 saturated heterocycles. The lowest BCUT2D eigenvalue weighted by molar-refractivity contribution is -0.116. The summed E-state index contributed by atoms with van der Waals surface area (Å²) in [4.78, 5) is 3.78. The minimum Gasteiger partial charge on any atom is -0.369 e. The van der Waals surface area contributed by atoms with Crippen LogP contribution in [-0.2, 0) is 38.9 Å². The van der Waals surface area contributed by atoms with Crippen LogP contribution in [0.15, 0.2) is 18.5 Å². The Bertz CT molecular complexity index is 1010. The number of hydrogen-bond acceptors (Lipinski definition) is 6. The van der Waals surface area contributed by atoms with Crippen LogP contribution in [0.2, 0.25) is 4.34 Å². The fraction of sp³-hybridized carbons (Fsp3) is 0.650. The molecule has 2 aliphatic rings. The van der Waals surface area contributed by atoms with Crippen LogP contribution in [0.5, 0.6) is 0 Å². The maximum absolute atomic E-state index is 11.6. The SMILES string of the molecule is CNS(=O)(=O)CCn1cc(CN2CCC3(CC2)OCC(C)(C)c2sc(Cl)cc23)cn1.